The van der Waals surface area contributed by atoms with Crippen LogP contribution in [0.4, 0.5) is 21.5 Å². The number of nitrogens with zero attached hydrogens (tertiary/aromatic N) is 3. The zero-order valence-corrected chi connectivity index (χ0v) is 14.7. The Labute approximate surface area is 151 Å². The predicted molar refractivity (Wildman–Crippen MR) is 95.0 cm³/mol. The molecule has 0 radical (unpaired) electrons. The highest BCUT2D eigenvalue weighted by Gasteiger charge is 2.27. The molecule has 1 atom stereocenters. The molecule has 2 saturated heterocycles. The second-order valence-corrected chi connectivity index (χ2v) is 6.59. The number of hydrogen-bond acceptors (Lipinski definition) is 6. The molecule has 2 fully saturated rings. The summed E-state index contributed by atoms with van der Waals surface area (Å²) in [5, 5.41) is 14.4. The molecule has 1 N–H and O–H groups in total. The average molecular weight is 366 g/mol. The summed E-state index contributed by atoms with van der Waals surface area (Å²) in [6.45, 7) is 4.59. The number of carbonyl (C=O) groups is 1. The molecule has 0 spiro atoms. The highest BCUT2D eigenvalue weighted by Crippen LogP contribution is 2.34. The van der Waals surface area contributed by atoms with Gasteiger partial charge in [0.2, 0.25) is 5.91 Å². The topological polar surface area (TPSA) is 88.0 Å². The molecule has 2 aliphatic heterocycles. The summed E-state index contributed by atoms with van der Waals surface area (Å²) < 4.78 is 19.8. The summed E-state index contributed by atoms with van der Waals surface area (Å²) >= 11 is 0. The van der Waals surface area contributed by atoms with Crippen molar-refractivity contribution >= 4 is 23.0 Å². The van der Waals surface area contributed by atoms with Crippen molar-refractivity contribution in [1.29, 1.82) is 0 Å². The maximum atomic E-state index is 14.3. The molecule has 1 aromatic carbocycles. The monoisotopic (exact) mass is 366 g/mol. The maximum Gasteiger partial charge on any atom is 0.295 e. The number of amides is 1. The molecule has 3 rings (SSSR count). The number of nitro benzene ring substituents is 1. The van der Waals surface area contributed by atoms with Crippen LogP contribution in [0, 0.1) is 15.9 Å². The fourth-order valence-corrected chi connectivity index (χ4v) is 3.38. The van der Waals surface area contributed by atoms with Crippen LogP contribution < -0.4 is 10.2 Å². The van der Waals surface area contributed by atoms with Crippen molar-refractivity contribution in [2.75, 3.05) is 49.5 Å². The quantitative estimate of drug-likeness (QED) is 0.633. The van der Waals surface area contributed by atoms with Gasteiger partial charge in [-0.15, -0.1) is 0 Å². The molecule has 1 aromatic rings. The van der Waals surface area contributed by atoms with E-state index in [0.29, 0.717) is 45.0 Å². The Balaban J connectivity index is 1.79. The van der Waals surface area contributed by atoms with Crippen molar-refractivity contribution in [2.24, 2.45) is 0 Å². The van der Waals surface area contributed by atoms with Crippen LogP contribution in [0.2, 0.25) is 0 Å². The molecule has 0 aromatic heterocycles. The lowest BCUT2D eigenvalue weighted by molar-refractivity contribution is -0.384. The summed E-state index contributed by atoms with van der Waals surface area (Å²) in [5.41, 5.74) is 0.339. The minimum absolute atomic E-state index is 0.0165. The zero-order valence-electron chi connectivity index (χ0n) is 14.7. The smallest absolute Gasteiger partial charge is 0.295 e. The third-order valence-corrected chi connectivity index (χ3v) is 4.87. The van der Waals surface area contributed by atoms with Crippen LogP contribution in [0.15, 0.2) is 12.1 Å². The van der Waals surface area contributed by atoms with E-state index in [9.17, 15) is 19.3 Å². The fraction of sp³-hybridized carbons (Fsp3) is 0.588. The molecule has 9 heteroatoms. The number of benzene rings is 1. The van der Waals surface area contributed by atoms with E-state index in [-0.39, 0.29) is 23.4 Å². The average Bonchev–Trinajstić information content (AvgIpc) is 3.14. The summed E-state index contributed by atoms with van der Waals surface area (Å²) in [4.78, 5) is 25.8. The molecule has 8 nitrogen and oxygen atoms in total. The molecule has 1 amide bonds. The van der Waals surface area contributed by atoms with E-state index in [2.05, 4.69) is 5.32 Å². The number of ether oxygens (including phenoxy) is 1. The van der Waals surface area contributed by atoms with Crippen LogP contribution in [0.25, 0.3) is 0 Å². The first-order valence-corrected chi connectivity index (χ1v) is 8.79. The Morgan fingerprint density at radius 3 is 2.69 bits per heavy atom. The first-order chi connectivity index (χ1) is 12.5. The van der Waals surface area contributed by atoms with E-state index < -0.39 is 10.7 Å². The highest BCUT2D eigenvalue weighted by molar-refractivity contribution is 5.74. The van der Waals surface area contributed by atoms with E-state index >= 15 is 0 Å². The van der Waals surface area contributed by atoms with Crippen molar-refractivity contribution in [3.05, 3.63) is 28.1 Å². The van der Waals surface area contributed by atoms with Gasteiger partial charge in [-0.3, -0.25) is 14.9 Å². The molecule has 26 heavy (non-hydrogen) atoms. The van der Waals surface area contributed by atoms with Gasteiger partial charge in [0, 0.05) is 46.3 Å². The van der Waals surface area contributed by atoms with Crippen molar-refractivity contribution in [2.45, 2.75) is 25.9 Å². The van der Waals surface area contributed by atoms with E-state index in [1.165, 1.54) is 13.0 Å². The first kappa shape index (κ1) is 18.4. The highest BCUT2D eigenvalue weighted by atomic mass is 19.1. The maximum absolute atomic E-state index is 14.3. The standard InChI is InChI=1S/C17H23FN4O4/c1-12(23)20-4-6-21(7-5-20)16-10-15(14(18)9-17(16)22(24)25)19-11-13-3-2-8-26-13/h9-10,13,19H,2-8,11H2,1H3/t13-/m1/s1. The predicted octanol–water partition coefficient (Wildman–Crippen LogP) is 1.99. The van der Waals surface area contributed by atoms with Gasteiger partial charge >= 0.3 is 0 Å². The molecular formula is C17H23FN4O4. The van der Waals surface area contributed by atoms with Crippen molar-refractivity contribution in [1.82, 2.24) is 4.90 Å². The van der Waals surface area contributed by atoms with Gasteiger partial charge in [0.25, 0.3) is 5.69 Å². The van der Waals surface area contributed by atoms with Crippen LogP contribution in [0.1, 0.15) is 19.8 Å². The first-order valence-electron chi connectivity index (χ1n) is 8.79. The number of nitro groups is 1. The number of nitrogens with one attached hydrogen (secondary N) is 1. The van der Waals surface area contributed by atoms with Gasteiger partial charge in [0.05, 0.1) is 22.8 Å². The van der Waals surface area contributed by atoms with Gasteiger partial charge in [0.1, 0.15) is 5.69 Å². The lowest BCUT2D eigenvalue weighted by Crippen LogP contribution is -2.48. The Kier molecular flexibility index (Phi) is 5.55. The Morgan fingerprint density at radius 2 is 2.12 bits per heavy atom. The van der Waals surface area contributed by atoms with E-state index in [0.717, 1.165) is 18.9 Å². The summed E-state index contributed by atoms with van der Waals surface area (Å²) in [5.74, 6) is -0.669. The third-order valence-electron chi connectivity index (χ3n) is 4.87. The van der Waals surface area contributed by atoms with Crippen LogP contribution in [0.5, 0.6) is 0 Å². The number of anilines is 2. The van der Waals surface area contributed by atoms with Crippen LogP contribution in [-0.4, -0.2) is 61.2 Å². The van der Waals surface area contributed by atoms with Crippen molar-refractivity contribution < 1.29 is 18.8 Å². The second-order valence-electron chi connectivity index (χ2n) is 6.59. The molecule has 2 heterocycles. The third kappa shape index (κ3) is 4.04. The normalized spacial score (nSPS) is 20.3. The van der Waals surface area contributed by atoms with Gasteiger partial charge in [0.15, 0.2) is 5.82 Å². The Hall–Kier alpha value is -2.42. The minimum atomic E-state index is -0.652. The van der Waals surface area contributed by atoms with Gasteiger partial charge in [-0.1, -0.05) is 0 Å². The number of piperazine rings is 1. The zero-order chi connectivity index (χ0) is 18.7. The number of hydrogen-bond donors (Lipinski definition) is 1. The number of carbonyl (C=O) groups excluding carboxylic acids is 1. The largest absolute Gasteiger partial charge is 0.380 e. The van der Waals surface area contributed by atoms with Crippen LogP contribution in [-0.2, 0) is 9.53 Å². The van der Waals surface area contributed by atoms with Gasteiger partial charge in [-0.2, -0.15) is 0 Å². The molecule has 0 bridgehead atoms. The number of halogens is 1. The summed E-state index contributed by atoms with van der Waals surface area (Å²) in [6, 6.07) is 2.45. The van der Waals surface area contributed by atoms with Crippen LogP contribution in [0.3, 0.4) is 0 Å². The van der Waals surface area contributed by atoms with Crippen molar-refractivity contribution in [3.63, 3.8) is 0 Å². The lowest BCUT2D eigenvalue weighted by Gasteiger charge is -2.35. The number of rotatable bonds is 5. The molecule has 142 valence electrons. The SMILES string of the molecule is CC(=O)N1CCN(c2cc(NC[C@H]3CCCO3)c(F)cc2[N+](=O)[O-])CC1. The van der Waals surface area contributed by atoms with Gasteiger partial charge < -0.3 is 19.9 Å². The summed E-state index contributed by atoms with van der Waals surface area (Å²) in [7, 11) is 0. The van der Waals surface area contributed by atoms with Gasteiger partial charge in [-0.25, -0.2) is 4.39 Å². The molecule has 0 saturated carbocycles. The van der Waals surface area contributed by atoms with E-state index in [1.807, 2.05) is 4.90 Å². The fourth-order valence-electron chi connectivity index (χ4n) is 3.38. The molecule has 0 aliphatic carbocycles. The van der Waals surface area contributed by atoms with Gasteiger partial charge in [-0.05, 0) is 18.9 Å². The molecule has 2 aliphatic rings. The van der Waals surface area contributed by atoms with E-state index in [4.69, 9.17) is 4.74 Å². The van der Waals surface area contributed by atoms with Crippen LogP contribution >= 0.6 is 0 Å². The summed E-state index contributed by atoms with van der Waals surface area (Å²) in [6.07, 6.45) is 1.94. The molecule has 0 unspecified atom stereocenters. The second kappa shape index (κ2) is 7.86. The lowest BCUT2D eigenvalue weighted by atomic mass is 10.1. The Morgan fingerprint density at radius 1 is 1.38 bits per heavy atom. The Bertz CT molecular complexity index is 686. The molecular weight excluding hydrogens is 343 g/mol. The van der Waals surface area contributed by atoms with E-state index in [1.54, 1.807) is 4.90 Å². The van der Waals surface area contributed by atoms with Crippen molar-refractivity contribution in [3.8, 4) is 0 Å². The minimum Gasteiger partial charge on any atom is -0.380 e.